The Labute approximate surface area is 331 Å². The minimum Gasteiger partial charge on any atom is -0.481 e. The van der Waals surface area contributed by atoms with Crippen molar-refractivity contribution in [3.63, 3.8) is 0 Å². The summed E-state index contributed by atoms with van der Waals surface area (Å²) in [6.45, 7) is 7.66. The largest absolute Gasteiger partial charge is 0.481 e. The number of aliphatic hydroxyl groups is 1. The maximum atomic E-state index is 13.6. The third kappa shape index (κ3) is 19.7. The summed E-state index contributed by atoms with van der Waals surface area (Å²) < 4.78 is 0. The van der Waals surface area contributed by atoms with Gasteiger partial charge in [-0.1, -0.05) is 58.0 Å². The van der Waals surface area contributed by atoms with Crippen molar-refractivity contribution in [2.24, 2.45) is 23.3 Å². The second-order valence-corrected chi connectivity index (χ2v) is 14.6. The second kappa shape index (κ2) is 24.8. The summed E-state index contributed by atoms with van der Waals surface area (Å²) in [4.78, 5) is 114. The zero-order valence-corrected chi connectivity index (χ0v) is 32.9. The van der Waals surface area contributed by atoms with Crippen molar-refractivity contribution in [1.82, 2.24) is 31.9 Å². The second-order valence-electron chi connectivity index (χ2n) is 14.6. The molecule has 0 saturated carbocycles. The van der Waals surface area contributed by atoms with E-state index in [-0.39, 0.29) is 43.9 Å². The highest BCUT2D eigenvalue weighted by molar-refractivity contribution is 5.96. The number of rotatable bonds is 26. The van der Waals surface area contributed by atoms with Crippen LogP contribution in [0.4, 0.5) is 0 Å². The Bertz CT molecular complexity index is 1560. The van der Waals surface area contributed by atoms with Crippen molar-refractivity contribution in [2.45, 2.75) is 122 Å². The summed E-state index contributed by atoms with van der Waals surface area (Å²) in [6.07, 6.45) is -2.78. The average molecular weight is 807 g/mol. The number of nitrogens with two attached hydrogens (primary N) is 2. The van der Waals surface area contributed by atoms with E-state index in [2.05, 4.69) is 31.9 Å². The van der Waals surface area contributed by atoms with E-state index in [0.29, 0.717) is 5.56 Å². The minimum atomic E-state index is -1.57. The van der Waals surface area contributed by atoms with Gasteiger partial charge in [0.1, 0.15) is 36.3 Å². The highest BCUT2D eigenvalue weighted by atomic mass is 16.4. The fraction of sp³-hybridized carbons (Fsp3) is 0.595. The fourth-order valence-corrected chi connectivity index (χ4v) is 5.39. The maximum absolute atomic E-state index is 13.6. The molecule has 0 aliphatic heterocycles. The number of carbonyl (C=O) groups excluding carboxylic acids is 7. The van der Waals surface area contributed by atoms with Crippen LogP contribution < -0.4 is 43.4 Å². The number of benzene rings is 1. The quantitative estimate of drug-likeness (QED) is 0.0474. The Balaban J connectivity index is 3.17. The molecule has 1 rings (SSSR count). The van der Waals surface area contributed by atoms with Gasteiger partial charge < -0.3 is 58.7 Å². The fourth-order valence-electron chi connectivity index (χ4n) is 5.39. The highest BCUT2D eigenvalue weighted by Gasteiger charge is 2.33. The van der Waals surface area contributed by atoms with E-state index in [1.807, 2.05) is 0 Å². The Morgan fingerprint density at radius 1 is 0.614 bits per heavy atom. The molecule has 0 spiro atoms. The van der Waals surface area contributed by atoms with Crippen LogP contribution in [-0.2, 0) is 49.6 Å². The van der Waals surface area contributed by atoms with Crippen molar-refractivity contribution < 1.29 is 58.5 Å². The molecule has 0 saturated heterocycles. The topological polar surface area (TPSA) is 339 Å². The first-order valence-corrected chi connectivity index (χ1v) is 18.6. The molecule has 7 unspecified atom stereocenters. The molecule has 318 valence electrons. The number of hydrogen-bond acceptors (Lipinski definition) is 11. The first kappa shape index (κ1) is 49.4. The number of aliphatic hydroxyl groups excluding tert-OH is 1. The number of aliphatic carboxylic acids is 2. The summed E-state index contributed by atoms with van der Waals surface area (Å²) >= 11 is 0. The van der Waals surface area contributed by atoms with Gasteiger partial charge in [0, 0.05) is 19.3 Å². The lowest BCUT2D eigenvalue weighted by Gasteiger charge is -2.27. The van der Waals surface area contributed by atoms with Crippen LogP contribution in [0.5, 0.6) is 0 Å². The summed E-state index contributed by atoms with van der Waals surface area (Å²) in [5.74, 6) is -9.02. The molecule has 0 aliphatic carbocycles. The van der Waals surface area contributed by atoms with E-state index >= 15 is 0 Å². The maximum Gasteiger partial charge on any atom is 0.326 e. The van der Waals surface area contributed by atoms with Gasteiger partial charge in [-0.3, -0.25) is 38.4 Å². The molecule has 20 nitrogen and oxygen atoms in total. The van der Waals surface area contributed by atoms with E-state index in [4.69, 9.17) is 16.6 Å². The molecule has 1 aromatic carbocycles. The van der Waals surface area contributed by atoms with Crippen molar-refractivity contribution in [2.75, 3.05) is 6.54 Å². The first-order chi connectivity index (χ1) is 26.6. The smallest absolute Gasteiger partial charge is 0.326 e. The molecule has 0 radical (unpaired) electrons. The highest BCUT2D eigenvalue weighted by Crippen LogP contribution is 2.11. The molecular weight excluding hydrogens is 748 g/mol. The summed E-state index contributed by atoms with van der Waals surface area (Å²) in [7, 11) is 0. The number of hydrogen-bond donors (Lipinski definition) is 11. The first-order valence-electron chi connectivity index (χ1n) is 18.6. The van der Waals surface area contributed by atoms with Crippen molar-refractivity contribution in [3.05, 3.63) is 35.9 Å². The molecule has 0 aliphatic rings. The normalized spacial score (nSPS) is 14.8. The van der Waals surface area contributed by atoms with Gasteiger partial charge in [-0.15, -0.1) is 0 Å². The number of carboxylic acid groups (broad SMARTS) is 2. The summed E-state index contributed by atoms with van der Waals surface area (Å²) in [5, 5.41) is 42.9. The van der Waals surface area contributed by atoms with Crippen LogP contribution >= 0.6 is 0 Å². The van der Waals surface area contributed by atoms with Crippen LogP contribution in [0, 0.1) is 11.8 Å². The van der Waals surface area contributed by atoms with Crippen molar-refractivity contribution in [1.29, 1.82) is 0 Å². The molecule has 7 amide bonds. The zero-order valence-electron chi connectivity index (χ0n) is 32.9. The molecule has 0 aromatic heterocycles. The molecule has 20 heteroatoms. The van der Waals surface area contributed by atoms with Crippen LogP contribution in [0.2, 0.25) is 0 Å². The minimum absolute atomic E-state index is 0.0142. The summed E-state index contributed by atoms with van der Waals surface area (Å²) in [5.41, 5.74) is 11.7. The van der Waals surface area contributed by atoms with Gasteiger partial charge in [-0.25, -0.2) is 4.79 Å². The number of amides is 7. The Kier molecular flexibility index (Phi) is 21.5. The van der Waals surface area contributed by atoms with Gasteiger partial charge in [0.15, 0.2) is 0 Å². The van der Waals surface area contributed by atoms with E-state index in [9.17, 15) is 53.4 Å². The molecular formula is C37H58N8O12. The Morgan fingerprint density at radius 2 is 1.09 bits per heavy atom. The van der Waals surface area contributed by atoms with Crippen LogP contribution in [0.3, 0.4) is 0 Å². The van der Waals surface area contributed by atoms with Gasteiger partial charge in [0.2, 0.25) is 41.4 Å². The van der Waals surface area contributed by atoms with Crippen LogP contribution in [-0.4, -0.2) is 118 Å². The Morgan fingerprint density at radius 3 is 1.58 bits per heavy atom. The van der Waals surface area contributed by atoms with E-state index in [0.717, 1.165) is 0 Å². The lowest BCUT2D eigenvalue weighted by atomic mass is 10.00. The standard InChI is InChI=1S/C37H58N8O12/c1-19(2)15-25(41-29(48)18-40-32(51)27(17-22-9-7-6-8-10-22)45-36(55)31(39)21(5)46)34(53)42-23(11-13-28(38)47)33(52)44-26(16-20(3)4)35(54)43-24(37(56)57)12-14-30(49)50/h6-10,19-21,23-27,31,46H,11-18,39H2,1-5H3,(H2,38,47)(H,40,51)(H,41,48)(H,42,53)(H,43,54)(H,44,52)(H,45,55)(H,49,50)(H,56,57). The van der Waals surface area contributed by atoms with Gasteiger partial charge in [-0.05, 0) is 50.0 Å². The number of carboxylic acids is 2. The predicted molar refractivity (Wildman–Crippen MR) is 204 cm³/mol. The molecule has 1 aromatic rings. The average Bonchev–Trinajstić information content (AvgIpc) is 3.12. The lowest BCUT2D eigenvalue weighted by molar-refractivity contribution is -0.143. The third-order valence-electron chi connectivity index (χ3n) is 8.43. The SMILES string of the molecule is CC(C)CC(NC(=O)CNC(=O)C(Cc1ccccc1)NC(=O)C(N)C(C)O)C(=O)NC(CCC(N)=O)C(=O)NC(CC(C)C)C(=O)NC(CCC(=O)O)C(=O)O. The number of carbonyl (C=O) groups is 9. The van der Waals surface area contributed by atoms with Crippen LogP contribution in [0.25, 0.3) is 0 Å². The Hall–Kier alpha value is -5.63. The predicted octanol–water partition coefficient (Wildman–Crippen LogP) is -2.22. The third-order valence-corrected chi connectivity index (χ3v) is 8.43. The number of primary amides is 1. The molecule has 57 heavy (non-hydrogen) atoms. The number of nitrogens with one attached hydrogen (secondary N) is 6. The molecule has 0 bridgehead atoms. The van der Waals surface area contributed by atoms with E-state index < -0.39 is 115 Å². The molecule has 0 heterocycles. The van der Waals surface area contributed by atoms with Gasteiger partial charge in [-0.2, -0.15) is 0 Å². The van der Waals surface area contributed by atoms with Crippen molar-refractivity contribution >= 4 is 53.3 Å². The van der Waals surface area contributed by atoms with Crippen LogP contribution in [0.15, 0.2) is 30.3 Å². The summed E-state index contributed by atoms with van der Waals surface area (Å²) in [6, 6.07) is 0.511. The lowest BCUT2D eigenvalue weighted by Crippen LogP contribution is -2.59. The van der Waals surface area contributed by atoms with Crippen molar-refractivity contribution in [3.8, 4) is 0 Å². The van der Waals surface area contributed by atoms with Crippen LogP contribution in [0.1, 0.15) is 78.7 Å². The van der Waals surface area contributed by atoms with E-state index in [1.54, 1.807) is 58.0 Å². The van der Waals surface area contributed by atoms with Gasteiger partial charge in [0.25, 0.3) is 0 Å². The molecule has 13 N–H and O–H groups in total. The molecule has 7 atom stereocenters. The van der Waals surface area contributed by atoms with Gasteiger partial charge in [0.05, 0.1) is 12.6 Å². The van der Waals surface area contributed by atoms with E-state index in [1.165, 1.54) is 6.92 Å². The van der Waals surface area contributed by atoms with Gasteiger partial charge >= 0.3 is 11.9 Å². The monoisotopic (exact) mass is 806 g/mol. The zero-order chi connectivity index (χ0) is 43.4. The molecule has 0 fully saturated rings.